The van der Waals surface area contributed by atoms with Crippen LogP contribution in [-0.2, 0) is 20.9 Å². The Morgan fingerprint density at radius 1 is 1.65 bits per heavy atom. The number of rotatable bonds is 6. The summed E-state index contributed by atoms with van der Waals surface area (Å²) in [5.41, 5.74) is 4.26. The average Bonchev–Trinajstić information content (AvgIpc) is 2.42. The quantitative estimate of drug-likeness (QED) is 0.534. The Morgan fingerprint density at radius 3 is 2.85 bits per heavy atom. The molecule has 1 aromatic rings. The molecule has 0 radical (unpaired) electrons. The van der Waals surface area contributed by atoms with Crippen molar-refractivity contribution in [2.24, 2.45) is 5.73 Å². The molecule has 9 nitrogen and oxygen atoms in total. The lowest BCUT2D eigenvalue weighted by Crippen LogP contribution is -2.35. The van der Waals surface area contributed by atoms with Crippen LogP contribution in [0.5, 0.6) is 0 Å². The van der Waals surface area contributed by atoms with Crippen LogP contribution in [0.2, 0.25) is 5.02 Å². The maximum absolute atomic E-state index is 11.8. The molecule has 0 bridgehead atoms. The topological polar surface area (TPSA) is 137 Å². The van der Waals surface area contributed by atoms with E-state index in [9.17, 15) is 19.5 Å². The summed E-state index contributed by atoms with van der Waals surface area (Å²) in [7, 11) is 1.18. The van der Waals surface area contributed by atoms with E-state index in [0.29, 0.717) is 0 Å². The molecule has 0 spiro atoms. The molecule has 4 N–H and O–H groups in total. The van der Waals surface area contributed by atoms with Crippen molar-refractivity contribution < 1.29 is 19.4 Å². The van der Waals surface area contributed by atoms with Gasteiger partial charge in [-0.25, -0.2) is 4.68 Å². The molecule has 20 heavy (non-hydrogen) atoms. The maximum atomic E-state index is 11.8. The zero-order valence-corrected chi connectivity index (χ0v) is 11.3. The number of primary amides is 1. The van der Waals surface area contributed by atoms with Gasteiger partial charge in [0.15, 0.2) is 0 Å². The molecule has 1 amide bonds. The first kappa shape index (κ1) is 15.9. The highest BCUT2D eigenvalue weighted by Gasteiger charge is 2.14. The average molecular weight is 305 g/mol. The number of aromatic nitrogens is 2. The Hall–Kier alpha value is -2.13. The molecule has 1 heterocycles. The number of hydrogen-bond donors (Lipinski definition) is 3. The molecule has 0 saturated carbocycles. The third-order valence-corrected chi connectivity index (χ3v) is 2.67. The number of hydrogen-bond acceptors (Lipinski definition) is 7. The lowest BCUT2D eigenvalue weighted by atomic mass is 10.3. The fraction of sp³-hybridized carbons (Fsp3) is 0.400. The number of esters is 1. The number of nitrogens with zero attached hydrogens (tertiary/aromatic N) is 2. The Labute approximate surface area is 118 Å². The van der Waals surface area contributed by atoms with Gasteiger partial charge in [0.25, 0.3) is 5.56 Å². The lowest BCUT2D eigenvalue weighted by Gasteiger charge is -2.11. The van der Waals surface area contributed by atoms with Gasteiger partial charge in [-0.05, 0) is 0 Å². The van der Waals surface area contributed by atoms with E-state index < -0.39 is 23.5 Å². The monoisotopic (exact) mass is 304 g/mol. The Bertz CT molecular complexity index is 573. The van der Waals surface area contributed by atoms with Crippen molar-refractivity contribution in [1.82, 2.24) is 9.78 Å². The van der Waals surface area contributed by atoms with E-state index in [1.54, 1.807) is 0 Å². The highest BCUT2D eigenvalue weighted by molar-refractivity contribution is 6.32. The van der Waals surface area contributed by atoms with Crippen LogP contribution in [0.3, 0.4) is 0 Å². The first-order valence-corrected chi connectivity index (χ1v) is 5.78. The Morgan fingerprint density at radius 2 is 2.30 bits per heavy atom. The summed E-state index contributed by atoms with van der Waals surface area (Å²) >= 11 is 5.80. The fourth-order valence-corrected chi connectivity index (χ4v) is 1.41. The van der Waals surface area contributed by atoms with Crippen LogP contribution < -0.4 is 16.6 Å². The van der Waals surface area contributed by atoms with Crippen LogP contribution in [0.1, 0.15) is 0 Å². The largest absolute Gasteiger partial charge is 0.468 e. The van der Waals surface area contributed by atoms with Gasteiger partial charge in [0.2, 0.25) is 5.91 Å². The molecule has 1 unspecified atom stereocenters. The summed E-state index contributed by atoms with van der Waals surface area (Å²) in [5, 5.41) is 15.2. The van der Waals surface area contributed by atoms with Crippen LogP contribution in [0.4, 0.5) is 5.69 Å². The smallest absolute Gasteiger partial charge is 0.327 e. The molecule has 1 aromatic heterocycles. The number of ether oxygens (including phenoxy) is 1. The first-order valence-electron chi connectivity index (χ1n) is 5.40. The SMILES string of the molecule is COC(=O)Cn1ncc(NCC(O)C(N)=O)c(Cl)c1=O. The normalized spacial score (nSPS) is 11.8. The standard InChI is InChI=1S/C10H13ClN4O5/c1-20-7(17)4-15-10(19)8(11)5(2-14-15)13-3-6(16)9(12)18/h2,6,13,16H,3-4H2,1H3,(H2,12,18). The van der Waals surface area contributed by atoms with Gasteiger partial charge in [-0.1, -0.05) is 11.6 Å². The highest BCUT2D eigenvalue weighted by Crippen LogP contribution is 2.14. The van der Waals surface area contributed by atoms with E-state index in [4.69, 9.17) is 17.3 Å². The predicted molar refractivity (Wildman–Crippen MR) is 69.2 cm³/mol. The van der Waals surface area contributed by atoms with Crippen molar-refractivity contribution in [3.05, 3.63) is 21.6 Å². The minimum Gasteiger partial charge on any atom is -0.468 e. The van der Waals surface area contributed by atoms with Gasteiger partial charge in [0, 0.05) is 6.54 Å². The van der Waals surface area contributed by atoms with Crippen LogP contribution in [0.25, 0.3) is 0 Å². The van der Waals surface area contributed by atoms with E-state index in [-0.39, 0.29) is 23.8 Å². The van der Waals surface area contributed by atoms with Crippen LogP contribution in [0, 0.1) is 0 Å². The van der Waals surface area contributed by atoms with Crippen molar-refractivity contribution in [2.45, 2.75) is 12.6 Å². The highest BCUT2D eigenvalue weighted by atomic mass is 35.5. The summed E-state index contributed by atoms with van der Waals surface area (Å²) in [6.07, 6.45) is -0.246. The lowest BCUT2D eigenvalue weighted by molar-refractivity contribution is -0.141. The van der Waals surface area contributed by atoms with Gasteiger partial charge in [-0.15, -0.1) is 0 Å². The second kappa shape index (κ2) is 6.87. The number of anilines is 1. The molecule has 10 heteroatoms. The number of aliphatic hydroxyl groups is 1. The van der Waals surface area contributed by atoms with E-state index >= 15 is 0 Å². The zero-order chi connectivity index (χ0) is 15.3. The molecular formula is C10H13ClN4O5. The van der Waals surface area contributed by atoms with Crippen molar-refractivity contribution >= 4 is 29.2 Å². The molecule has 0 fully saturated rings. The third kappa shape index (κ3) is 3.93. The molecule has 0 aliphatic carbocycles. The van der Waals surface area contributed by atoms with E-state index in [1.807, 2.05) is 0 Å². The summed E-state index contributed by atoms with van der Waals surface area (Å²) < 4.78 is 5.23. The van der Waals surface area contributed by atoms with Crippen molar-refractivity contribution in [3.63, 3.8) is 0 Å². The number of aliphatic hydroxyl groups excluding tert-OH is 1. The first-order chi connectivity index (χ1) is 9.36. The Kier molecular flexibility index (Phi) is 5.47. The van der Waals surface area contributed by atoms with Crippen molar-refractivity contribution in [2.75, 3.05) is 19.0 Å². The van der Waals surface area contributed by atoms with Crippen LogP contribution in [-0.4, -0.2) is 46.5 Å². The number of halogens is 1. The van der Waals surface area contributed by atoms with Crippen molar-refractivity contribution in [1.29, 1.82) is 0 Å². The number of carbonyl (C=O) groups is 2. The number of carbonyl (C=O) groups excluding carboxylic acids is 2. The summed E-state index contributed by atoms with van der Waals surface area (Å²) in [4.78, 5) is 33.5. The fourth-order valence-electron chi connectivity index (χ4n) is 1.19. The van der Waals surface area contributed by atoms with Crippen LogP contribution >= 0.6 is 11.6 Å². The number of nitrogens with one attached hydrogen (secondary N) is 1. The van der Waals surface area contributed by atoms with Crippen LogP contribution in [0.15, 0.2) is 11.0 Å². The van der Waals surface area contributed by atoms with E-state index in [1.165, 1.54) is 13.3 Å². The summed E-state index contributed by atoms with van der Waals surface area (Å²) in [6, 6.07) is 0. The minimum absolute atomic E-state index is 0.109. The van der Waals surface area contributed by atoms with Crippen molar-refractivity contribution in [3.8, 4) is 0 Å². The summed E-state index contributed by atoms with van der Waals surface area (Å²) in [6.45, 7) is -0.601. The second-order valence-corrected chi connectivity index (χ2v) is 4.09. The van der Waals surface area contributed by atoms with E-state index in [0.717, 1.165) is 4.68 Å². The number of amides is 1. The molecular weight excluding hydrogens is 292 g/mol. The maximum Gasteiger partial charge on any atom is 0.327 e. The molecule has 1 rings (SSSR count). The molecule has 0 aliphatic rings. The Balaban J connectivity index is 2.86. The molecule has 0 aromatic carbocycles. The molecule has 110 valence electrons. The molecule has 0 saturated heterocycles. The van der Waals surface area contributed by atoms with Gasteiger partial charge >= 0.3 is 5.97 Å². The number of nitrogens with two attached hydrogens (primary N) is 1. The van der Waals surface area contributed by atoms with Gasteiger partial charge in [-0.3, -0.25) is 14.4 Å². The number of methoxy groups -OCH3 is 1. The van der Waals surface area contributed by atoms with Gasteiger partial charge < -0.3 is 20.9 Å². The molecule has 0 aliphatic heterocycles. The third-order valence-electron chi connectivity index (χ3n) is 2.31. The van der Waals surface area contributed by atoms with Gasteiger partial charge in [0.05, 0.1) is 19.0 Å². The van der Waals surface area contributed by atoms with Gasteiger partial charge in [0.1, 0.15) is 17.7 Å². The second-order valence-electron chi connectivity index (χ2n) is 3.71. The minimum atomic E-state index is -1.43. The predicted octanol–water partition coefficient (Wildman–Crippen LogP) is -1.67. The molecule has 1 atom stereocenters. The van der Waals surface area contributed by atoms with E-state index in [2.05, 4.69) is 15.2 Å². The summed E-state index contributed by atoms with van der Waals surface area (Å²) in [5.74, 6) is -1.57. The van der Waals surface area contributed by atoms with Gasteiger partial charge in [-0.2, -0.15) is 5.10 Å². The zero-order valence-electron chi connectivity index (χ0n) is 10.5.